The summed E-state index contributed by atoms with van der Waals surface area (Å²) in [5, 5.41) is 5.82. The summed E-state index contributed by atoms with van der Waals surface area (Å²) >= 11 is 0. The Bertz CT molecular complexity index is 801. The van der Waals surface area contributed by atoms with Crippen molar-refractivity contribution in [3.8, 4) is 11.1 Å². The molecule has 1 amide bonds. The number of hydrogen-bond acceptors (Lipinski definition) is 5. The summed E-state index contributed by atoms with van der Waals surface area (Å²) in [6, 6.07) is 13.7. The number of rotatable bonds is 5. The normalized spacial score (nSPS) is 10.2. The van der Waals surface area contributed by atoms with Crippen molar-refractivity contribution < 1.29 is 4.79 Å². The second kappa shape index (κ2) is 7.32. The molecule has 6 nitrogen and oxygen atoms in total. The minimum absolute atomic E-state index is 0.146. The van der Waals surface area contributed by atoms with Crippen LogP contribution in [-0.4, -0.2) is 20.9 Å². The van der Waals surface area contributed by atoms with Gasteiger partial charge in [0.25, 0.3) is 0 Å². The molecule has 0 saturated heterocycles. The van der Waals surface area contributed by atoms with Gasteiger partial charge < -0.3 is 10.6 Å². The summed E-state index contributed by atoms with van der Waals surface area (Å²) in [5.41, 5.74) is 2.92. The van der Waals surface area contributed by atoms with Crippen LogP contribution in [0.1, 0.15) is 12.5 Å². The summed E-state index contributed by atoms with van der Waals surface area (Å²) in [6.07, 6.45) is 5.17. The first kappa shape index (κ1) is 15.6. The van der Waals surface area contributed by atoms with Crippen molar-refractivity contribution in [2.75, 3.05) is 10.6 Å². The van der Waals surface area contributed by atoms with E-state index in [2.05, 4.69) is 25.6 Å². The molecule has 2 aromatic heterocycles. The Kier molecular flexibility index (Phi) is 4.76. The lowest BCUT2D eigenvalue weighted by Crippen LogP contribution is -2.07. The van der Waals surface area contributed by atoms with E-state index >= 15 is 0 Å². The quantitative estimate of drug-likeness (QED) is 0.755. The van der Waals surface area contributed by atoms with Gasteiger partial charge in [-0.1, -0.05) is 30.3 Å². The van der Waals surface area contributed by atoms with Crippen LogP contribution in [-0.2, 0) is 11.3 Å². The highest BCUT2D eigenvalue weighted by Gasteiger charge is 2.03. The summed E-state index contributed by atoms with van der Waals surface area (Å²) in [4.78, 5) is 23.8. The predicted octanol–water partition coefficient (Wildman–Crippen LogP) is 3.11. The lowest BCUT2D eigenvalue weighted by Gasteiger charge is -2.06. The maximum Gasteiger partial charge on any atom is 0.222 e. The van der Waals surface area contributed by atoms with Crippen LogP contribution in [0.4, 0.5) is 11.8 Å². The van der Waals surface area contributed by atoms with Crippen LogP contribution < -0.4 is 10.6 Å². The fourth-order valence-corrected chi connectivity index (χ4v) is 2.16. The standard InChI is InChI=1S/C18H17N5O/c1-13(24)23-17-8-7-15(10-19-17)16-11-21-18(22-12-16)20-9-14-5-3-2-4-6-14/h2-8,10-12H,9H2,1H3,(H,19,23,24)(H,20,21,22). The minimum atomic E-state index is -0.146. The largest absolute Gasteiger partial charge is 0.350 e. The first-order valence-corrected chi connectivity index (χ1v) is 7.54. The molecule has 0 saturated carbocycles. The Labute approximate surface area is 140 Å². The molecule has 3 aromatic rings. The molecule has 0 bridgehead atoms. The fourth-order valence-electron chi connectivity index (χ4n) is 2.16. The van der Waals surface area contributed by atoms with Crippen molar-refractivity contribution in [3.63, 3.8) is 0 Å². The number of pyridine rings is 1. The molecule has 0 aliphatic carbocycles. The van der Waals surface area contributed by atoms with Gasteiger partial charge in [-0.05, 0) is 17.7 Å². The first-order chi connectivity index (χ1) is 11.7. The summed E-state index contributed by atoms with van der Waals surface area (Å²) in [5.74, 6) is 0.950. The third-order valence-corrected chi connectivity index (χ3v) is 3.35. The van der Waals surface area contributed by atoms with E-state index in [-0.39, 0.29) is 5.91 Å². The maximum absolute atomic E-state index is 11.0. The Morgan fingerprint density at radius 2 is 1.62 bits per heavy atom. The van der Waals surface area contributed by atoms with E-state index in [1.807, 2.05) is 36.4 Å². The van der Waals surface area contributed by atoms with Crippen molar-refractivity contribution in [2.24, 2.45) is 0 Å². The van der Waals surface area contributed by atoms with Crippen LogP contribution in [0.15, 0.2) is 61.1 Å². The molecule has 1 aromatic carbocycles. The van der Waals surface area contributed by atoms with Crippen LogP contribution >= 0.6 is 0 Å². The zero-order valence-corrected chi connectivity index (χ0v) is 13.2. The summed E-state index contributed by atoms with van der Waals surface area (Å²) in [7, 11) is 0. The van der Waals surface area contributed by atoms with Crippen molar-refractivity contribution >= 4 is 17.7 Å². The van der Waals surface area contributed by atoms with E-state index in [1.54, 1.807) is 24.7 Å². The first-order valence-electron chi connectivity index (χ1n) is 7.54. The van der Waals surface area contributed by atoms with Gasteiger partial charge in [-0.15, -0.1) is 0 Å². The average Bonchev–Trinajstić information content (AvgIpc) is 2.62. The molecule has 0 spiro atoms. The maximum atomic E-state index is 11.0. The second-order valence-electron chi connectivity index (χ2n) is 5.25. The molecule has 120 valence electrons. The van der Waals surface area contributed by atoms with Gasteiger partial charge >= 0.3 is 0 Å². The van der Waals surface area contributed by atoms with Crippen molar-refractivity contribution in [1.82, 2.24) is 15.0 Å². The Hall–Kier alpha value is -3.28. The van der Waals surface area contributed by atoms with Crippen molar-refractivity contribution in [2.45, 2.75) is 13.5 Å². The minimum Gasteiger partial charge on any atom is -0.350 e. The Morgan fingerprint density at radius 1 is 0.917 bits per heavy atom. The zero-order chi connectivity index (χ0) is 16.8. The molecule has 0 radical (unpaired) electrons. The molecule has 24 heavy (non-hydrogen) atoms. The highest BCUT2D eigenvalue weighted by atomic mass is 16.1. The molecule has 0 aliphatic heterocycles. The molecular formula is C18H17N5O. The molecule has 0 fully saturated rings. The highest BCUT2D eigenvalue weighted by Crippen LogP contribution is 2.18. The number of nitrogens with one attached hydrogen (secondary N) is 2. The van der Waals surface area contributed by atoms with Crippen LogP contribution in [0.5, 0.6) is 0 Å². The summed E-state index contributed by atoms with van der Waals surface area (Å²) < 4.78 is 0. The molecule has 0 atom stereocenters. The number of carbonyl (C=O) groups excluding carboxylic acids is 1. The Balaban J connectivity index is 1.64. The number of hydrogen-bond donors (Lipinski definition) is 2. The van der Waals surface area contributed by atoms with Crippen LogP contribution in [0, 0.1) is 0 Å². The van der Waals surface area contributed by atoms with Crippen LogP contribution in [0.3, 0.4) is 0 Å². The number of aromatic nitrogens is 3. The molecule has 0 unspecified atom stereocenters. The van der Waals surface area contributed by atoms with E-state index in [4.69, 9.17) is 0 Å². The van der Waals surface area contributed by atoms with E-state index in [1.165, 1.54) is 12.5 Å². The number of anilines is 2. The van der Waals surface area contributed by atoms with Gasteiger partial charge in [-0.25, -0.2) is 15.0 Å². The summed E-state index contributed by atoms with van der Waals surface area (Å²) in [6.45, 7) is 2.12. The lowest BCUT2D eigenvalue weighted by atomic mass is 10.1. The predicted molar refractivity (Wildman–Crippen MR) is 93.3 cm³/mol. The van der Waals surface area contributed by atoms with Gasteiger partial charge in [0.05, 0.1) is 0 Å². The van der Waals surface area contributed by atoms with E-state index in [9.17, 15) is 4.79 Å². The Morgan fingerprint density at radius 3 is 2.25 bits per heavy atom. The van der Waals surface area contributed by atoms with E-state index in [0.29, 0.717) is 18.3 Å². The van der Waals surface area contributed by atoms with Gasteiger partial charge in [0, 0.05) is 43.2 Å². The number of carbonyl (C=O) groups is 1. The lowest BCUT2D eigenvalue weighted by molar-refractivity contribution is -0.114. The fraction of sp³-hybridized carbons (Fsp3) is 0.111. The molecule has 0 aliphatic rings. The molecule has 2 heterocycles. The number of nitrogens with zero attached hydrogens (tertiary/aromatic N) is 3. The molecular weight excluding hydrogens is 302 g/mol. The third kappa shape index (κ3) is 4.13. The van der Waals surface area contributed by atoms with Crippen molar-refractivity contribution in [1.29, 1.82) is 0 Å². The van der Waals surface area contributed by atoms with Crippen LogP contribution in [0.2, 0.25) is 0 Å². The highest BCUT2D eigenvalue weighted by molar-refractivity contribution is 5.87. The van der Waals surface area contributed by atoms with Gasteiger partial charge in [-0.2, -0.15) is 0 Å². The average molecular weight is 319 g/mol. The monoisotopic (exact) mass is 319 g/mol. The topological polar surface area (TPSA) is 79.8 Å². The number of amides is 1. The molecule has 3 rings (SSSR count). The molecule has 2 N–H and O–H groups in total. The molecule has 6 heteroatoms. The smallest absolute Gasteiger partial charge is 0.222 e. The second-order valence-corrected chi connectivity index (χ2v) is 5.25. The third-order valence-electron chi connectivity index (χ3n) is 3.35. The SMILES string of the molecule is CC(=O)Nc1ccc(-c2cnc(NCc3ccccc3)nc2)cn1. The van der Waals surface area contributed by atoms with E-state index in [0.717, 1.165) is 11.1 Å². The van der Waals surface area contributed by atoms with Gasteiger partial charge in [-0.3, -0.25) is 4.79 Å². The van der Waals surface area contributed by atoms with Crippen LogP contribution in [0.25, 0.3) is 11.1 Å². The van der Waals surface area contributed by atoms with Gasteiger partial charge in [0.15, 0.2) is 0 Å². The van der Waals surface area contributed by atoms with E-state index < -0.39 is 0 Å². The number of benzene rings is 1. The van der Waals surface area contributed by atoms with Crippen molar-refractivity contribution in [3.05, 3.63) is 66.6 Å². The van der Waals surface area contributed by atoms with Gasteiger partial charge in [0.2, 0.25) is 11.9 Å². The zero-order valence-electron chi connectivity index (χ0n) is 13.2. The van der Waals surface area contributed by atoms with Gasteiger partial charge in [0.1, 0.15) is 5.82 Å².